The third-order valence-electron chi connectivity index (χ3n) is 3.99. The van der Waals surface area contributed by atoms with Crippen molar-refractivity contribution < 1.29 is 14.3 Å². The first kappa shape index (κ1) is 19.7. The number of amides is 2. The van der Waals surface area contributed by atoms with Crippen LogP contribution in [0.25, 0.3) is 0 Å². The molecule has 0 saturated heterocycles. The third kappa shape index (κ3) is 6.01. The smallest absolute Gasteiger partial charge is 0.407 e. The maximum absolute atomic E-state index is 12.5. The predicted octanol–water partition coefficient (Wildman–Crippen LogP) is 2.41. The van der Waals surface area contributed by atoms with Gasteiger partial charge in [0, 0.05) is 6.04 Å². The largest absolute Gasteiger partial charge is 0.444 e. The number of hydrogen-bond donors (Lipinski definition) is 2. The minimum Gasteiger partial charge on any atom is -0.444 e. The van der Waals surface area contributed by atoms with Crippen molar-refractivity contribution >= 4 is 12.0 Å². The van der Waals surface area contributed by atoms with Crippen molar-refractivity contribution in [3.63, 3.8) is 0 Å². The zero-order chi connectivity index (χ0) is 17.8. The first-order valence-corrected chi connectivity index (χ1v) is 8.60. The van der Waals surface area contributed by atoms with E-state index in [9.17, 15) is 9.59 Å². The molecule has 1 fully saturated rings. The van der Waals surface area contributed by atoms with Gasteiger partial charge in [0.15, 0.2) is 0 Å². The van der Waals surface area contributed by atoms with Crippen LogP contribution in [0.2, 0.25) is 0 Å². The van der Waals surface area contributed by atoms with Crippen molar-refractivity contribution in [2.75, 3.05) is 0 Å². The second kappa shape index (κ2) is 7.99. The molecule has 0 radical (unpaired) electrons. The summed E-state index contributed by atoms with van der Waals surface area (Å²) in [5.74, 6) is -0.0668. The first-order valence-electron chi connectivity index (χ1n) is 8.60. The Morgan fingerprint density at radius 1 is 1.17 bits per heavy atom. The SMILES string of the molecule is CC(C)N(C(=O)[C@H](C)N)[C@H]1CCCC[C@@H]1NC(=O)OC(C)(C)C. The van der Waals surface area contributed by atoms with Crippen molar-refractivity contribution in [1.82, 2.24) is 10.2 Å². The highest BCUT2D eigenvalue weighted by Crippen LogP contribution is 2.26. The van der Waals surface area contributed by atoms with Gasteiger partial charge in [0.2, 0.25) is 5.91 Å². The van der Waals surface area contributed by atoms with E-state index >= 15 is 0 Å². The highest BCUT2D eigenvalue weighted by atomic mass is 16.6. The van der Waals surface area contributed by atoms with E-state index in [1.165, 1.54) is 0 Å². The van der Waals surface area contributed by atoms with Crippen LogP contribution in [0.1, 0.15) is 67.2 Å². The number of alkyl carbamates (subject to hydrolysis) is 1. The number of nitrogens with one attached hydrogen (secondary N) is 1. The van der Waals surface area contributed by atoms with Gasteiger partial charge in [-0.15, -0.1) is 0 Å². The number of carbonyl (C=O) groups is 2. The van der Waals surface area contributed by atoms with Gasteiger partial charge < -0.3 is 20.7 Å². The van der Waals surface area contributed by atoms with Crippen molar-refractivity contribution in [1.29, 1.82) is 0 Å². The molecule has 0 bridgehead atoms. The summed E-state index contributed by atoms with van der Waals surface area (Å²) in [7, 11) is 0. The molecule has 2 amide bonds. The Hall–Kier alpha value is -1.30. The summed E-state index contributed by atoms with van der Waals surface area (Å²) in [6.45, 7) is 11.2. The summed E-state index contributed by atoms with van der Waals surface area (Å²) in [6.07, 6.45) is 3.38. The molecule has 0 heterocycles. The summed E-state index contributed by atoms with van der Waals surface area (Å²) in [6, 6.07) is -0.625. The van der Waals surface area contributed by atoms with Gasteiger partial charge in [0.1, 0.15) is 5.60 Å². The van der Waals surface area contributed by atoms with Crippen LogP contribution in [0.5, 0.6) is 0 Å². The van der Waals surface area contributed by atoms with E-state index in [4.69, 9.17) is 10.5 Å². The highest BCUT2D eigenvalue weighted by Gasteiger charge is 2.36. The van der Waals surface area contributed by atoms with E-state index in [1.807, 2.05) is 39.5 Å². The van der Waals surface area contributed by atoms with Crippen molar-refractivity contribution in [2.45, 2.75) is 97.0 Å². The number of rotatable bonds is 4. The number of nitrogens with zero attached hydrogens (tertiary/aromatic N) is 1. The van der Waals surface area contributed by atoms with Gasteiger partial charge in [-0.2, -0.15) is 0 Å². The summed E-state index contributed by atoms with van der Waals surface area (Å²) in [5.41, 5.74) is 5.27. The Morgan fingerprint density at radius 2 is 1.74 bits per heavy atom. The molecule has 1 aliphatic rings. The second-order valence-corrected chi connectivity index (χ2v) is 7.73. The lowest BCUT2D eigenvalue weighted by atomic mass is 9.88. The van der Waals surface area contributed by atoms with Crippen molar-refractivity contribution in [3.8, 4) is 0 Å². The van der Waals surface area contributed by atoms with Crippen molar-refractivity contribution in [3.05, 3.63) is 0 Å². The fourth-order valence-electron chi connectivity index (χ4n) is 3.11. The van der Waals surface area contributed by atoms with E-state index in [2.05, 4.69) is 5.32 Å². The summed E-state index contributed by atoms with van der Waals surface area (Å²) in [4.78, 5) is 26.4. The summed E-state index contributed by atoms with van der Waals surface area (Å²) < 4.78 is 5.36. The minimum atomic E-state index is -0.540. The van der Waals surface area contributed by atoms with Crippen LogP contribution >= 0.6 is 0 Å². The molecule has 0 aromatic carbocycles. The molecular weight excluding hydrogens is 294 g/mol. The summed E-state index contributed by atoms with van der Waals surface area (Å²) >= 11 is 0. The molecule has 6 nitrogen and oxygen atoms in total. The molecule has 1 rings (SSSR count). The lowest BCUT2D eigenvalue weighted by Crippen LogP contribution is -2.59. The average Bonchev–Trinajstić information content (AvgIpc) is 2.38. The van der Waals surface area contributed by atoms with Gasteiger partial charge in [-0.3, -0.25) is 4.79 Å². The van der Waals surface area contributed by atoms with Gasteiger partial charge in [0.25, 0.3) is 0 Å². The Bertz CT molecular complexity index is 416. The van der Waals surface area contributed by atoms with Crippen LogP contribution in [-0.4, -0.2) is 46.7 Å². The molecule has 134 valence electrons. The zero-order valence-corrected chi connectivity index (χ0v) is 15.4. The Balaban J connectivity index is 2.87. The maximum Gasteiger partial charge on any atom is 0.407 e. The maximum atomic E-state index is 12.5. The highest BCUT2D eigenvalue weighted by molar-refractivity contribution is 5.82. The number of nitrogens with two attached hydrogens (primary N) is 1. The molecule has 6 heteroatoms. The molecule has 0 aliphatic heterocycles. The quantitative estimate of drug-likeness (QED) is 0.830. The molecule has 23 heavy (non-hydrogen) atoms. The Labute approximate surface area is 140 Å². The Morgan fingerprint density at radius 3 is 2.22 bits per heavy atom. The molecule has 1 saturated carbocycles. The van der Waals surface area contributed by atoms with Crippen LogP contribution in [0.4, 0.5) is 4.79 Å². The molecule has 0 spiro atoms. The number of ether oxygens (including phenoxy) is 1. The van der Waals surface area contributed by atoms with E-state index in [0.29, 0.717) is 0 Å². The average molecular weight is 327 g/mol. The number of hydrogen-bond acceptors (Lipinski definition) is 4. The molecule has 0 aromatic heterocycles. The van der Waals surface area contributed by atoms with Crippen LogP contribution in [0.15, 0.2) is 0 Å². The van der Waals surface area contributed by atoms with Gasteiger partial charge in [0.05, 0.1) is 18.1 Å². The topological polar surface area (TPSA) is 84.7 Å². The van der Waals surface area contributed by atoms with E-state index < -0.39 is 17.7 Å². The molecule has 0 aromatic rings. The monoisotopic (exact) mass is 327 g/mol. The van der Waals surface area contributed by atoms with Gasteiger partial charge in [-0.1, -0.05) is 12.8 Å². The van der Waals surface area contributed by atoms with E-state index in [0.717, 1.165) is 25.7 Å². The predicted molar refractivity (Wildman–Crippen MR) is 91.0 cm³/mol. The molecule has 3 N–H and O–H groups in total. The van der Waals surface area contributed by atoms with Crippen LogP contribution in [0.3, 0.4) is 0 Å². The van der Waals surface area contributed by atoms with Gasteiger partial charge >= 0.3 is 6.09 Å². The van der Waals surface area contributed by atoms with Crippen LogP contribution in [-0.2, 0) is 9.53 Å². The third-order valence-corrected chi connectivity index (χ3v) is 3.99. The Kier molecular flexibility index (Phi) is 6.86. The van der Waals surface area contributed by atoms with E-state index in [-0.39, 0.29) is 24.0 Å². The van der Waals surface area contributed by atoms with Crippen molar-refractivity contribution in [2.24, 2.45) is 5.73 Å². The summed E-state index contributed by atoms with van der Waals surface area (Å²) in [5, 5.41) is 2.96. The fourth-order valence-corrected chi connectivity index (χ4v) is 3.11. The van der Waals surface area contributed by atoms with E-state index in [1.54, 1.807) is 6.92 Å². The van der Waals surface area contributed by atoms with Gasteiger partial charge in [-0.05, 0) is 54.4 Å². The lowest BCUT2D eigenvalue weighted by Gasteiger charge is -2.43. The first-order chi connectivity index (χ1) is 10.5. The lowest BCUT2D eigenvalue weighted by molar-refractivity contribution is -0.138. The zero-order valence-electron chi connectivity index (χ0n) is 15.4. The molecule has 1 aliphatic carbocycles. The molecule has 0 unspecified atom stereocenters. The number of carbonyl (C=O) groups excluding carboxylic acids is 2. The molecule has 3 atom stereocenters. The van der Waals surface area contributed by atoms with Crippen LogP contribution < -0.4 is 11.1 Å². The second-order valence-electron chi connectivity index (χ2n) is 7.73. The minimum absolute atomic E-state index is 0.0326. The van der Waals surface area contributed by atoms with Gasteiger partial charge in [-0.25, -0.2) is 4.79 Å². The fraction of sp³-hybridized carbons (Fsp3) is 0.882. The van der Waals surface area contributed by atoms with Crippen LogP contribution in [0, 0.1) is 0 Å². The standard InChI is InChI=1S/C17H33N3O3/c1-11(2)20(15(21)12(3)18)14-10-8-7-9-13(14)19-16(22)23-17(4,5)6/h11-14H,7-10,18H2,1-6H3,(H,19,22)/t12-,13-,14-/m0/s1. The molecular formula is C17H33N3O3. The normalized spacial score (nSPS) is 23.3.